The van der Waals surface area contributed by atoms with Gasteiger partial charge in [-0.05, 0) is 51.4 Å². The van der Waals surface area contributed by atoms with E-state index in [4.69, 9.17) is 0 Å². The van der Waals surface area contributed by atoms with E-state index in [1.807, 2.05) is 0 Å². The molecule has 13 rings (SSSR count). The molecule has 248 valence electrons. The molecule has 0 aromatic carbocycles. The molecule has 0 saturated heterocycles. The van der Waals surface area contributed by atoms with E-state index in [0.717, 1.165) is 51.4 Å². The summed E-state index contributed by atoms with van der Waals surface area (Å²) in [7, 11) is 0. The van der Waals surface area contributed by atoms with E-state index in [9.17, 15) is 0 Å². The topological polar surface area (TPSA) is 0 Å². The number of allylic oxidation sites excluding steroid dienone is 24. The van der Waals surface area contributed by atoms with Gasteiger partial charge in [0.15, 0.2) is 0 Å². The molecule has 0 heteroatoms. The highest BCUT2D eigenvalue weighted by Crippen LogP contribution is 2.76. The summed E-state index contributed by atoms with van der Waals surface area (Å²) in [6, 6.07) is 0. The molecule has 52 heavy (non-hydrogen) atoms. The van der Waals surface area contributed by atoms with E-state index in [1.165, 1.54) is 70.3 Å². The molecule has 8 atom stereocenters. The Bertz CT molecular complexity index is 2060. The zero-order valence-corrected chi connectivity index (χ0v) is 29.7. The molecule has 0 amide bonds. The van der Waals surface area contributed by atoms with Crippen LogP contribution in [0.2, 0.25) is 0 Å². The van der Waals surface area contributed by atoms with Crippen molar-refractivity contribution < 1.29 is 0 Å². The van der Waals surface area contributed by atoms with Crippen LogP contribution in [-0.4, -0.2) is 0 Å². The highest BCUT2D eigenvalue weighted by molar-refractivity contribution is 5.77. The zero-order chi connectivity index (χ0) is 34.1. The van der Waals surface area contributed by atoms with Gasteiger partial charge in [0.05, 0.1) is 0 Å². The van der Waals surface area contributed by atoms with Crippen molar-refractivity contribution in [3.05, 3.63) is 142 Å². The van der Waals surface area contributed by atoms with Crippen LogP contribution in [0.4, 0.5) is 0 Å². The summed E-state index contributed by atoms with van der Waals surface area (Å²) in [5, 5.41) is 0. The first-order valence-electron chi connectivity index (χ1n) is 20.1. The summed E-state index contributed by atoms with van der Waals surface area (Å²) in [5.74, 6) is 31.5. The fraction of sp³-hybridized carbons (Fsp3) is 0.385. The molecule has 0 nitrogen and oxygen atoms in total. The number of hydrogen-bond acceptors (Lipinski definition) is 0. The molecule has 0 aromatic heterocycles. The lowest BCUT2D eigenvalue weighted by atomic mass is 9.44. The van der Waals surface area contributed by atoms with Crippen molar-refractivity contribution in [2.45, 2.75) is 77.0 Å². The van der Waals surface area contributed by atoms with E-state index >= 15 is 0 Å². The average Bonchev–Trinajstić information content (AvgIpc) is 3.90. The number of hydrogen-bond donors (Lipinski definition) is 0. The van der Waals surface area contributed by atoms with E-state index in [-0.39, 0.29) is 43.3 Å². The molecule has 0 N–H and O–H groups in total. The summed E-state index contributed by atoms with van der Waals surface area (Å²) in [6.07, 6.45) is 52.0. The van der Waals surface area contributed by atoms with Crippen LogP contribution in [0, 0.1) is 90.7 Å². The van der Waals surface area contributed by atoms with Gasteiger partial charge in [0.2, 0.25) is 0 Å². The van der Waals surface area contributed by atoms with Gasteiger partial charge in [-0.2, -0.15) is 0 Å². The van der Waals surface area contributed by atoms with E-state index < -0.39 is 0 Å². The van der Waals surface area contributed by atoms with Gasteiger partial charge < -0.3 is 0 Å². The highest BCUT2D eigenvalue weighted by Gasteiger charge is 2.69. The minimum atomic E-state index is -0.0377. The molecule has 4 fully saturated rings. The van der Waals surface area contributed by atoms with Gasteiger partial charge in [-0.1, -0.05) is 170 Å². The Morgan fingerprint density at radius 2 is 0.365 bits per heavy atom. The fourth-order valence-corrected chi connectivity index (χ4v) is 14.9. The van der Waals surface area contributed by atoms with Crippen molar-refractivity contribution >= 4 is 0 Å². The first-order valence-corrected chi connectivity index (χ1v) is 20.1. The molecule has 0 aromatic rings. The van der Waals surface area contributed by atoms with Gasteiger partial charge in [0, 0.05) is 87.9 Å². The van der Waals surface area contributed by atoms with Crippen molar-refractivity contribution in [2.24, 2.45) is 43.3 Å². The van der Waals surface area contributed by atoms with Crippen molar-refractivity contribution in [3.8, 4) is 47.4 Å². The second-order valence-electron chi connectivity index (χ2n) is 18.1. The van der Waals surface area contributed by atoms with Crippen molar-refractivity contribution in [3.63, 3.8) is 0 Å². The Morgan fingerprint density at radius 1 is 0.231 bits per heavy atom. The van der Waals surface area contributed by atoms with Crippen LogP contribution in [0.25, 0.3) is 0 Å². The fourth-order valence-electron chi connectivity index (χ4n) is 14.9. The summed E-state index contributed by atoms with van der Waals surface area (Å²) >= 11 is 0. The normalized spacial score (nSPS) is 46.8. The third-order valence-electron chi connectivity index (χ3n) is 17.1. The van der Waals surface area contributed by atoms with E-state index in [0.29, 0.717) is 0 Å². The average molecular weight is 665 g/mol. The first-order chi connectivity index (χ1) is 25.6. The maximum Gasteiger partial charge on any atom is 0.0363 e. The smallest absolute Gasteiger partial charge is 0.0363 e. The molecule has 13 aliphatic carbocycles. The van der Waals surface area contributed by atoms with Gasteiger partial charge in [-0.3, -0.25) is 0 Å². The van der Waals surface area contributed by atoms with Crippen LogP contribution in [-0.2, 0) is 0 Å². The van der Waals surface area contributed by atoms with Crippen LogP contribution in [0.5, 0.6) is 0 Å². The Morgan fingerprint density at radius 3 is 0.500 bits per heavy atom. The van der Waals surface area contributed by atoms with Crippen LogP contribution >= 0.6 is 0 Å². The quantitative estimate of drug-likeness (QED) is 0.226. The predicted molar refractivity (Wildman–Crippen MR) is 207 cm³/mol. The highest BCUT2D eigenvalue weighted by atomic mass is 14.7. The lowest BCUT2D eigenvalue weighted by Crippen LogP contribution is -2.50. The maximum atomic E-state index is 3.94. The van der Waals surface area contributed by atoms with E-state index in [1.54, 1.807) is 0 Å². The molecule has 8 unspecified atom stereocenters. The SMILES string of the molecule is C1#CC2=C(C#CC3=C(C#CC4=C(C#CC5=C1C16C=CC=CC51CCC6)C15C=CC=CC41CCC5)C14C=CC=CC31CCC4)C13C=CC=CC21CCC3. The molecule has 0 spiro atoms. The van der Waals surface area contributed by atoms with Crippen LogP contribution in [0.15, 0.2) is 142 Å². The van der Waals surface area contributed by atoms with Crippen molar-refractivity contribution in [1.82, 2.24) is 0 Å². The minimum absolute atomic E-state index is 0.0377. The van der Waals surface area contributed by atoms with Gasteiger partial charge in [-0.15, -0.1) is 0 Å². The molecule has 4 saturated carbocycles. The minimum Gasteiger partial charge on any atom is -0.0721 e. The standard InChI is InChI=1S/C52H40/c1-2-22-46-30-9-29-45(46,21-1)37-13-14-39-41(49-25-4-3-23-47(39,49)31-10-33-49)17-18-43-44(52-28-8-7-27-51(43,52)35-12-36-52)20-19-42-40(16-15-38(37)46)48-24-5-6-26-50(42,48)34-11-32-48/h1-8,21-28H,9-12,29-36H2. The third kappa shape index (κ3) is 2.62. The van der Waals surface area contributed by atoms with Gasteiger partial charge in [0.25, 0.3) is 0 Å². The Kier molecular flexibility index (Phi) is 4.87. The third-order valence-corrected chi connectivity index (χ3v) is 17.1. The molecule has 0 radical (unpaired) electrons. The molecule has 0 heterocycles. The summed E-state index contributed by atoms with van der Waals surface area (Å²) in [4.78, 5) is 0. The second kappa shape index (κ2) is 8.83. The number of rotatable bonds is 0. The van der Waals surface area contributed by atoms with E-state index in [2.05, 4.69) is 145 Å². The lowest BCUT2D eigenvalue weighted by Gasteiger charge is -2.56. The van der Waals surface area contributed by atoms with Crippen LogP contribution < -0.4 is 0 Å². The van der Waals surface area contributed by atoms with Gasteiger partial charge in [-0.25, -0.2) is 0 Å². The van der Waals surface area contributed by atoms with Crippen LogP contribution in [0.1, 0.15) is 77.0 Å². The van der Waals surface area contributed by atoms with Gasteiger partial charge >= 0.3 is 0 Å². The van der Waals surface area contributed by atoms with Crippen molar-refractivity contribution in [1.29, 1.82) is 0 Å². The molecular formula is C52H40. The maximum absolute atomic E-state index is 3.94. The molecule has 13 aliphatic rings. The summed E-state index contributed by atoms with van der Waals surface area (Å²) in [5.41, 5.74) is 9.86. The van der Waals surface area contributed by atoms with Gasteiger partial charge in [0.1, 0.15) is 0 Å². The zero-order valence-electron chi connectivity index (χ0n) is 29.7. The molecular weight excluding hydrogens is 625 g/mol. The second-order valence-corrected chi connectivity index (χ2v) is 18.1. The first kappa shape index (κ1) is 28.7. The summed E-state index contributed by atoms with van der Waals surface area (Å²) in [6.45, 7) is 0. The van der Waals surface area contributed by atoms with Crippen LogP contribution in [0.3, 0.4) is 0 Å². The van der Waals surface area contributed by atoms with Crippen molar-refractivity contribution in [2.75, 3.05) is 0 Å². The molecule has 0 aliphatic heterocycles. The monoisotopic (exact) mass is 664 g/mol. The predicted octanol–water partition coefficient (Wildman–Crippen LogP) is 10.4. The Hall–Kier alpha value is -4.88. The largest absolute Gasteiger partial charge is 0.0721 e. The molecule has 0 bridgehead atoms. The Labute approximate surface area is 308 Å². The lowest BCUT2D eigenvalue weighted by molar-refractivity contribution is 0.227. The summed E-state index contributed by atoms with van der Waals surface area (Å²) < 4.78 is 0. The Balaban J connectivity index is 1.12.